The molecule has 2 aromatic heterocycles. The van der Waals surface area contributed by atoms with E-state index in [1.807, 2.05) is 23.7 Å². The van der Waals surface area contributed by atoms with Gasteiger partial charge < -0.3 is 9.30 Å². The second kappa shape index (κ2) is 5.81. The summed E-state index contributed by atoms with van der Waals surface area (Å²) in [6, 6.07) is 5.88. The zero-order valence-electron chi connectivity index (χ0n) is 11.0. The Bertz CT molecular complexity index is 709. The molecule has 0 radical (unpaired) electrons. The average Bonchev–Trinajstić information content (AvgIpc) is 3.11. The summed E-state index contributed by atoms with van der Waals surface area (Å²) < 4.78 is 7.43. The number of rotatable bonds is 5. The third-order valence-corrected chi connectivity index (χ3v) is 4.10. The van der Waals surface area contributed by atoms with E-state index in [1.54, 1.807) is 18.4 Å². The van der Waals surface area contributed by atoms with E-state index in [0.717, 1.165) is 41.3 Å². The SMILES string of the molecule is COc1ccc2nc(CCl)n(CCc3cscn3)c2c1. The van der Waals surface area contributed by atoms with E-state index in [2.05, 4.69) is 19.9 Å². The van der Waals surface area contributed by atoms with Crippen LogP contribution in [0.4, 0.5) is 0 Å². The molecule has 0 N–H and O–H groups in total. The molecule has 0 spiro atoms. The van der Waals surface area contributed by atoms with Gasteiger partial charge in [-0.05, 0) is 12.1 Å². The first-order valence-corrected chi connectivity index (χ1v) is 7.75. The van der Waals surface area contributed by atoms with Gasteiger partial charge in [0.1, 0.15) is 11.6 Å². The van der Waals surface area contributed by atoms with Crippen molar-refractivity contribution in [1.29, 1.82) is 0 Å². The molecule has 0 bridgehead atoms. The van der Waals surface area contributed by atoms with Gasteiger partial charge in [-0.3, -0.25) is 0 Å². The van der Waals surface area contributed by atoms with Crippen molar-refractivity contribution in [3.63, 3.8) is 0 Å². The molecule has 0 amide bonds. The van der Waals surface area contributed by atoms with E-state index in [-0.39, 0.29) is 0 Å². The highest BCUT2D eigenvalue weighted by atomic mass is 35.5. The Morgan fingerprint density at radius 3 is 3.00 bits per heavy atom. The van der Waals surface area contributed by atoms with E-state index in [4.69, 9.17) is 16.3 Å². The number of ether oxygens (including phenoxy) is 1. The molecule has 4 nitrogen and oxygen atoms in total. The molecule has 6 heteroatoms. The third-order valence-electron chi connectivity index (χ3n) is 3.23. The van der Waals surface area contributed by atoms with Crippen molar-refractivity contribution in [2.45, 2.75) is 18.8 Å². The summed E-state index contributed by atoms with van der Waals surface area (Å²) in [6.45, 7) is 0.815. The van der Waals surface area contributed by atoms with Crippen molar-refractivity contribution in [1.82, 2.24) is 14.5 Å². The van der Waals surface area contributed by atoms with E-state index in [1.165, 1.54) is 0 Å². The normalized spacial score (nSPS) is 11.1. The molecule has 0 aliphatic carbocycles. The Morgan fingerprint density at radius 2 is 2.30 bits per heavy atom. The second-order valence-electron chi connectivity index (χ2n) is 4.40. The van der Waals surface area contributed by atoms with Crippen LogP contribution < -0.4 is 4.74 Å². The van der Waals surface area contributed by atoms with Crippen LogP contribution in [0.2, 0.25) is 0 Å². The Balaban J connectivity index is 1.97. The van der Waals surface area contributed by atoms with Crippen LogP contribution in [-0.4, -0.2) is 21.6 Å². The molecule has 0 unspecified atom stereocenters. The summed E-state index contributed by atoms with van der Waals surface area (Å²) in [5.74, 6) is 2.10. The number of alkyl halides is 1. The standard InChI is InChI=1S/C14H14ClN3OS/c1-19-11-2-3-12-13(6-11)18(14(7-15)17-12)5-4-10-8-20-9-16-10/h2-3,6,8-9H,4-5,7H2,1H3. The Morgan fingerprint density at radius 1 is 1.40 bits per heavy atom. The van der Waals surface area contributed by atoms with Gasteiger partial charge in [0, 0.05) is 24.4 Å². The van der Waals surface area contributed by atoms with Crippen molar-refractivity contribution in [3.8, 4) is 5.75 Å². The fraction of sp³-hybridized carbons (Fsp3) is 0.286. The lowest BCUT2D eigenvalue weighted by atomic mass is 10.3. The number of thiazole rings is 1. The number of hydrogen-bond donors (Lipinski definition) is 0. The smallest absolute Gasteiger partial charge is 0.124 e. The monoisotopic (exact) mass is 307 g/mol. The zero-order valence-corrected chi connectivity index (χ0v) is 12.6. The lowest BCUT2D eigenvalue weighted by Gasteiger charge is -2.07. The van der Waals surface area contributed by atoms with Gasteiger partial charge in [-0.15, -0.1) is 22.9 Å². The number of benzene rings is 1. The number of nitrogens with zero attached hydrogens (tertiary/aromatic N) is 3. The summed E-state index contributed by atoms with van der Waals surface area (Å²) in [4.78, 5) is 8.88. The van der Waals surface area contributed by atoms with Crippen LogP contribution in [0.3, 0.4) is 0 Å². The van der Waals surface area contributed by atoms with Gasteiger partial charge >= 0.3 is 0 Å². The fourth-order valence-electron chi connectivity index (χ4n) is 2.22. The summed E-state index contributed by atoms with van der Waals surface area (Å²) >= 11 is 7.62. The minimum atomic E-state index is 0.397. The van der Waals surface area contributed by atoms with E-state index < -0.39 is 0 Å². The molecule has 3 aromatic rings. The van der Waals surface area contributed by atoms with Crippen LogP contribution in [0.25, 0.3) is 11.0 Å². The number of imidazole rings is 1. The van der Waals surface area contributed by atoms with Gasteiger partial charge in [0.25, 0.3) is 0 Å². The minimum Gasteiger partial charge on any atom is -0.497 e. The lowest BCUT2D eigenvalue weighted by molar-refractivity contribution is 0.415. The van der Waals surface area contributed by atoms with Crippen molar-refractivity contribution in [2.75, 3.05) is 7.11 Å². The van der Waals surface area contributed by atoms with Gasteiger partial charge in [-0.1, -0.05) is 0 Å². The molecule has 1 aromatic carbocycles. The Hall–Kier alpha value is -1.59. The van der Waals surface area contributed by atoms with Crippen molar-refractivity contribution in [2.24, 2.45) is 0 Å². The van der Waals surface area contributed by atoms with Crippen molar-refractivity contribution < 1.29 is 4.74 Å². The summed E-state index contributed by atoms with van der Waals surface area (Å²) in [6.07, 6.45) is 0.871. The molecule has 2 heterocycles. The van der Waals surface area contributed by atoms with Crippen LogP contribution in [0.15, 0.2) is 29.1 Å². The lowest BCUT2D eigenvalue weighted by Crippen LogP contribution is -2.05. The van der Waals surface area contributed by atoms with E-state index in [9.17, 15) is 0 Å². The number of hydrogen-bond acceptors (Lipinski definition) is 4. The maximum absolute atomic E-state index is 6.01. The predicted molar refractivity (Wildman–Crippen MR) is 81.7 cm³/mol. The van der Waals surface area contributed by atoms with Gasteiger partial charge in [0.15, 0.2) is 0 Å². The highest BCUT2D eigenvalue weighted by molar-refractivity contribution is 7.07. The van der Waals surface area contributed by atoms with E-state index >= 15 is 0 Å². The number of aryl methyl sites for hydroxylation is 2. The minimum absolute atomic E-state index is 0.397. The number of fused-ring (bicyclic) bond motifs is 1. The first kappa shape index (κ1) is 13.4. The predicted octanol–water partition coefficient (Wildman–Crippen LogP) is 3.48. The van der Waals surface area contributed by atoms with Crippen LogP contribution in [0, 0.1) is 0 Å². The van der Waals surface area contributed by atoms with Crippen molar-refractivity contribution in [3.05, 3.63) is 40.6 Å². The first-order chi connectivity index (χ1) is 9.81. The molecular weight excluding hydrogens is 294 g/mol. The quantitative estimate of drug-likeness (QED) is 0.678. The summed E-state index contributed by atoms with van der Waals surface area (Å²) in [5, 5.41) is 2.07. The molecule has 104 valence electrons. The van der Waals surface area contributed by atoms with Crippen LogP contribution >= 0.6 is 22.9 Å². The molecule has 0 saturated carbocycles. The Kier molecular flexibility index (Phi) is 3.89. The van der Waals surface area contributed by atoms with Crippen LogP contribution in [0.1, 0.15) is 11.5 Å². The number of aromatic nitrogens is 3. The van der Waals surface area contributed by atoms with Gasteiger partial charge in [0.05, 0.1) is 35.2 Å². The average molecular weight is 308 g/mol. The molecule has 0 aliphatic heterocycles. The van der Waals surface area contributed by atoms with Crippen LogP contribution in [-0.2, 0) is 18.8 Å². The highest BCUT2D eigenvalue weighted by Gasteiger charge is 2.11. The summed E-state index contributed by atoms with van der Waals surface area (Å²) in [7, 11) is 1.67. The maximum atomic E-state index is 6.01. The molecule has 0 aliphatic rings. The van der Waals surface area contributed by atoms with Gasteiger partial charge in [-0.25, -0.2) is 9.97 Å². The topological polar surface area (TPSA) is 39.9 Å². The third kappa shape index (κ3) is 2.51. The Labute approximate surface area is 126 Å². The maximum Gasteiger partial charge on any atom is 0.124 e. The first-order valence-electron chi connectivity index (χ1n) is 6.28. The summed E-state index contributed by atoms with van der Waals surface area (Å²) in [5.41, 5.74) is 4.95. The van der Waals surface area contributed by atoms with Gasteiger partial charge in [-0.2, -0.15) is 0 Å². The molecule has 3 rings (SSSR count). The second-order valence-corrected chi connectivity index (χ2v) is 5.38. The van der Waals surface area contributed by atoms with Crippen LogP contribution in [0.5, 0.6) is 5.75 Å². The number of halogens is 1. The zero-order chi connectivity index (χ0) is 13.9. The fourth-order valence-corrected chi connectivity index (χ4v) is 3.02. The molecule has 0 atom stereocenters. The van der Waals surface area contributed by atoms with E-state index in [0.29, 0.717) is 5.88 Å². The largest absolute Gasteiger partial charge is 0.497 e. The van der Waals surface area contributed by atoms with Crippen molar-refractivity contribution >= 4 is 34.0 Å². The van der Waals surface area contributed by atoms with Gasteiger partial charge in [0.2, 0.25) is 0 Å². The molecule has 0 fully saturated rings. The number of methoxy groups -OCH3 is 1. The highest BCUT2D eigenvalue weighted by Crippen LogP contribution is 2.23. The molecule has 20 heavy (non-hydrogen) atoms. The molecule has 0 saturated heterocycles. The molecular formula is C14H14ClN3OS.